The molecule has 0 aliphatic carbocycles. The minimum absolute atomic E-state index is 0.00458. The van der Waals surface area contributed by atoms with Gasteiger partial charge >= 0.3 is 0 Å². The molecule has 0 radical (unpaired) electrons. The number of halogens is 1. The molecule has 0 saturated heterocycles. The Kier molecular flexibility index (Phi) is 4.46. The van der Waals surface area contributed by atoms with Gasteiger partial charge in [-0.15, -0.1) is 11.3 Å². The second-order valence-electron chi connectivity index (χ2n) is 3.81. The Morgan fingerprint density at radius 3 is 2.47 bits per heavy atom. The maximum atomic E-state index is 12.1. The van der Waals surface area contributed by atoms with Crippen LogP contribution in [0.4, 0.5) is 5.69 Å². The van der Waals surface area contributed by atoms with Crippen LogP contribution in [0.2, 0.25) is 5.02 Å². The molecule has 0 atom stereocenters. The number of thiophene rings is 1. The minimum Gasteiger partial charge on any atom is -0.396 e. The van der Waals surface area contributed by atoms with E-state index in [2.05, 4.69) is 4.72 Å². The summed E-state index contributed by atoms with van der Waals surface area (Å²) in [5.74, 6) is 0. The SMILES string of the molecule is O=S(=O)(Nc1ccc(Cl)cc1)c1ccc(CCO)s1. The van der Waals surface area contributed by atoms with Gasteiger partial charge in [-0.1, -0.05) is 11.6 Å². The van der Waals surface area contributed by atoms with Crippen LogP contribution in [0, 0.1) is 0 Å². The Hall–Kier alpha value is -1.08. The Bertz CT molecular complexity index is 650. The number of nitrogens with one attached hydrogen (secondary N) is 1. The van der Waals surface area contributed by atoms with Gasteiger partial charge in [-0.3, -0.25) is 4.72 Å². The highest BCUT2D eigenvalue weighted by Gasteiger charge is 2.16. The summed E-state index contributed by atoms with van der Waals surface area (Å²) in [4.78, 5) is 0.832. The predicted molar refractivity (Wildman–Crippen MR) is 77.4 cm³/mol. The molecule has 0 fully saturated rings. The third kappa shape index (κ3) is 3.70. The number of sulfonamides is 1. The van der Waals surface area contributed by atoms with Crippen molar-refractivity contribution in [1.82, 2.24) is 0 Å². The Labute approximate surface area is 120 Å². The van der Waals surface area contributed by atoms with Crippen molar-refractivity contribution >= 4 is 38.6 Å². The van der Waals surface area contributed by atoms with E-state index in [9.17, 15) is 8.42 Å². The minimum atomic E-state index is -3.58. The highest BCUT2D eigenvalue weighted by molar-refractivity contribution is 7.94. The molecule has 0 aliphatic heterocycles. The van der Waals surface area contributed by atoms with E-state index in [4.69, 9.17) is 16.7 Å². The Balaban J connectivity index is 2.19. The molecule has 102 valence electrons. The van der Waals surface area contributed by atoms with Crippen LogP contribution in [0.1, 0.15) is 4.88 Å². The normalized spacial score (nSPS) is 11.5. The maximum absolute atomic E-state index is 12.1. The lowest BCUT2D eigenvalue weighted by molar-refractivity contribution is 0.300. The monoisotopic (exact) mass is 317 g/mol. The van der Waals surface area contributed by atoms with Crippen LogP contribution >= 0.6 is 22.9 Å². The molecule has 0 bridgehead atoms. The van der Waals surface area contributed by atoms with Crippen LogP contribution in [0.5, 0.6) is 0 Å². The van der Waals surface area contributed by atoms with Crippen LogP contribution < -0.4 is 4.72 Å². The maximum Gasteiger partial charge on any atom is 0.271 e. The number of aliphatic hydroxyl groups is 1. The first-order valence-electron chi connectivity index (χ1n) is 5.49. The van der Waals surface area contributed by atoms with Crippen molar-refractivity contribution in [2.45, 2.75) is 10.6 Å². The van der Waals surface area contributed by atoms with Gasteiger partial charge in [0.25, 0.3) is 10.0 Å². The number of hydrogen-bond acceptors (Lipinski definition) is 4. The van der Waals surface area contributed by atoms with Crippen molar-refractivity contribution in [2.24, 2.45) is 0 Å². The summed E-state index contributed by atoms with van der Waals surface area (Å²) >= 11 is 6.89. The third-order valence-electron chi connectivity index (χ3n) is 2.36. The van der Waals surface area contributed by atoms with Gasteiger partial charge in [-0.2, -0.15) is 0 Å². The van der Waals surface area contributed by atoms with Gasteiger partial charge in [-0.05, 0) is 36.4 Å². The molecular formula is C12H12ClNO3S2. The van der Waals surface area contributed by atoms with Gasteiger partial charge in [-0.25, -0.2) is 8.42 Å². The van der Waals surface area contributed by atoms with Crippen LogP contribution in [0.25, 0.3) is 0 Å². The van der Waals surface area contributed by atoms with Gasteiger partial charge < -0.3 is 5.11 Å². The topological polar surface area (TPSA) is 66.4 Å². The van der Waals surface area contributed by atoms with Crippen molar-refractivity contribution in [1.29, 1.82) is 0 Å². The van der Waals surface area contributed by atoms with Gasteiger partial charge in [0, 0.05) is 28.6 Å². The van der Waals surface area contributed by atoms with Crippen LogP contribution in [-0.4, -0.2) is 20.1 Å². The predicted octanol–water partition coefficient (Wildman–Crippen LogP) is 2.74. The van der Waals surface area contributed by atoms with Gasteiger partial charge in [0.15, 0.2) is 0 Å². The average Bonchev–Trinajstić information content (AvgIpc) is 2.82. The number of anilines is 1. The fourth-order valence-electron chi connectivity index (χ4n) is 1.47. The number of hydrogen-bond donors (Lipinski definition) is 2. The summed E-state index contributed by atoms with van der Waals surface area (Å²) in [7, 11) is -3.58. The summed E-state index contributed by atoms with van der Waals surface area (Å²) in [5, 5.41) is 9.37. The molecule has 2 rings (SSSR count). The fraction of sp³-hybridized carbons (Fsp3) is 0.167. The first kappa shape index (κ1) is 14.3. The molecule has 1 aromatic heterocycles. The third-order valence-corrected chi connectivity index (χ3v) is 5.63. The molecule has 1 heterocycles. The highest BCUT2D eigenvalue weighted by atomic mass is 35.5. The molecule has 19 heavy (non-hydrogen) atoms. The Morgan fingerprint density at radius 2 is 1.84 bits per heavy atom. The highest BCUT2D eigenvalue weighted by Crippen LogP contribution is 2.24. The van der Waals surface area contributed by atoms with E-state index in [1.54, 1.807) is 30.3 Å². The van der Waals surface area contributed by atoms with Crippen LogP contribution in [-0.2, 0) is 16.4 Å². The van der Waals surface area contributed by atoms with Crippen molar-refractivity contribution in [2.75, 3.05) is 11.3 Å². The largest absolute Gasteiger partial charge is 0.396 e. The lowest BCUT2D eigenvalue weighted by Gasteiger charge is -2.05. The standard InChI is InChI=1S/C12H12ClNO3S2/c13-9-1-3-10(4-2-9)14-19(16,17)12-6-5-11(18-12)7-8-15/h1-6,14-15H,7-8H2. The number of benzene rings is 1. The molecule has 0 unspecified atom stereocenters. The second-order valence-corrected chi connectivity index (χ2v) is 7.32. The van der Waals surface area contributed by atoms with Crippen LogP contribution in [0.3, 0.4) is 0 Å². The molecule has 0 amide bonds. The molecule has 2 N–H and O–H groups in total. The smallest absolute Gasteiger partial charge is 0.271 e. The molecular weight excluding hydrogens is 306 g/mol. The molecule has 7 heteroatoms. The first-order chi connectivity index (χ1) is 9.01. The van der Waals surface area contributed by atoms with Gasteiger partial charge in [0.05, 0.1) is 0 Å². The van der Waals surface area contributed by atoms with E-state index >= 15 is 0 Å². The zero-order chi connectivity index (χ0) is 13.9. The summed E-state index contributed by atoms with van der Waals surface area (Å²) in [6.07, 6.45) is 0.459. The lowest BCUT2D eigenvalue weighted by atomic mass is 10.3. The van der Waals surface area contributed by atoms with Crippen LogP contribution in [0.15, 0.2) is 40.6 Å². The van der Waals surface area contributed by atoms with Crippen molar-refractivity contribution in [3.8, 4) is 0 Å². The van der Waals surface area contributed by atoms with E-state index in [0.717, 1.165) is 16.2 Å². The molecule has 0 aliphatic rings. The molecule has 1 aromatic carbocycles. The fourth-order valence-corrected chi connectivity index (χ4v) is 4.00. The van der Waals surface area contributed by atoms with E-state index in [-0.39, 0.29) is 10.8 Å². The second kappa shape index (κ2) is 5.92. The van der Waals surface area contributed by atoms with Gasteiger partial charge in [0.1, 0.15) is 4.21 Å². The lowest BCUT2D eigenvalue weighted by Crippen LogP contribution is -2.11. The summed E-state index contributed by atoms with van der Waals surface area (Å²) in [6, 6.07) is 9.67. The summed E-state index contributed by atoms with van der Waals surface area (Å²) in [6.45, 7) is 0.00458. The summed E-state index contributed by atoms with van der Waals surface area (Å²) in [5.41, 5.74) is 0.460. The van der Waals surface area contributed by atoms with E-state index in [1.807, 2.05) is 0 Å². The first-order valence-corrected chi connectivity index (χ1v) is 8.17. The zero-order valence-electron chi connectivity index (χ0n) is 9.84. The van der Waals surface area contributed by atoms with Gasteiger partial charge in [0.2, 0.25) is 0 Å². The molecule has 2 aromatic rings. The van der Waals surface area contributed by atoms with E-state index in [1.165, 1.54) is 6.07 Å². The van der Waals surface area contributed by atoms with E-state index < -0.39 is 10.0 Å². The average molecular weight is 318 g/mol. The molecule has 0 saturated carbocycles. The number of rotatable bonds is 5. The van der Waals surface area contributed by atoms with Crippen molar-refractivity contribution in [3.05, 3.63) is 46.3 Å². The molecule has 4 nitrogen and oxygen atoms in total. The van der Waals surface area contributed by atoms with Crippen molar-refractivity contribution < 1.29 is 13.5 Å². The van der Waals surface area contributed by atoms with E-state index in [0.29, 0.717) is 17.1 Å². The zero-order valence-corrected chi connectivity index (χ0v) is 12.2. The quantitative estimate of drug-likeness (QED) is 0.891. The summed E-state index contributed by atoms with van der Waals surface area (Å²) < 4.78 is 26.9. The van der Waals surface area contributed by atoms with Crippen molar-refractivity contribution in [3.63, 3.8) is 0 Å². The number of aliphatic hydroxyl groups excluding tert-OH is 1. The Morgan fingerprint density at radius 1 is 1.16 bits per heavy atom. The molecule has 0 spiro atoms.